The first-order valence-electron chi connectivity index (χ1n) is 14.3. The zero-order chi connectivity index (χ0) is 28.2. The van der Waals surface area contributed by atoms with E-state index < -0.39 is 0 Å². The van der Waals surface area contributed by atoms with E-state index in [0.717, 1.165) is 55.2 Å². The third-order valence-corrected chi connectivity index (χ3v) is 8.32. The number of benzene rings is 6. The van der Waals surface area contributed by atoms with Gasteiger partial charge >= 0.3 is 0 Å². The van der Waals surface area contributed by atoms with Gasteiger partial charge in [0, 0.05) is 32.7 Å². The number of nitrogens with zero attached hydrogens (tertiary/aromatic N) is 1. The van der Waals surface area contributed by atoms with Crippen molar-refractivity contribution in [2.24, 2.45) is 0 Å². The monoisotopic (exact) mass is 537 g/mol. The van der Waals surface area contributed by atoms with Gasteiger partial charge in [-0.3, -0.25) is 0 Å². The Morgan fingerprint density at radius 1 is 0.643 bits per heavy atom. The molecule has 0 unspecified atom stereocenters. The van der Waals surface area contributed by atoms with Gasteiger partial charge in [0.05, 0.1) is 11.2 Å². The molecule has 0 saturated heterocycles. The van der Waals surface area contributed by atoms with Crippen LogP contribution in [-0.2, 0) is 0 Å². The normalized spacial score (nSPS) is 11.9. The Hall–Kier alpha value is -5.47. The fraction of sp³-hybridized carbons (Fsp3) is 0.0250. The van der Waals surface area contributed by atoms with Crippen molar-refractivity contribution in [1.29, 1.82) is 0 Å². The molecule has 0 N–H and O–H groups in total. The largest absolute Gasteiger partial charge is 0.456 e. The molecule has 0 amide bonds. The molecule has 2 heterocycles. The van der Waals surface area contributed by atoms with E-state index in [9.17, 15) is 0 Å². The number of fused-ring (bicyclic) bond motifs is 8. The second-order valence-electron chi connectivity index (χ2n) is 10.7. The number of hydrogen-bond donors (Lipinski definition) is 0. The minimum atomic E-state index is 0.781. The smallest absolute Gasteiger partial charge is 0.136 e. The van der Waals surface area contributed by atoms with Gasteiger partial charge in [-0.15, -0.1) is 0 Å². The summed E-state index contributed by atoms with van der Waals surface area (Å²) >= 11 is 0. The molecule has 0 bridgehead atoms. The number of aromatic nitrogens is 1. The SMILES string of the molecule is C=Cc1oc2ccc3c(-c4cccc(-c5cc6ccccc6c6ccccc56)c4)nc4ccccc4c3c2c1/C=C\C. The first-order chi connectivity index (χ1) is 20.7. The molecule has 0 spiro atoms. The summed E-state index contributed by atoms with van der Waals surface area (Å²) in [5, 5.41) is 9.49. The third-order valence-electron chi connectivity index (χ3n) is 8.32. The van der Waals surface area contributed by atoms with E-state index in [4.69, 9.17) is 9.40 Å². The van der Waals surface area contributed by atoms with E-state index in [-0.39, 0.29) is 0 Å². The Balaban J connectivity index is 1.44. The van der Waals surface area contributed by atoms with Gasteiger partial charge in [-0.25, -0.2) is 4.98 Å². The zero-order valence-corrected chi connectivity index (χ0v) is 23.3. The summed E-state index contributed by atoms with van der Waals surface area (Å²) in [6, 6.07) is 41.1. The predicted molar refractivity (Wildman–Crippen MR) is 180 cm³/mol. The molecule has 0 aliphatic rings. The predicted octanol–water partition coefficient (Wildman–Crippen LogP) is 11.5. The second-order valence-corrected chi connectivity index (χ2v) is 10.7. The number of pyridine rings is 1. The summed E-state index contributed by atoms with van der Waals surface area (Å²) in [5.74, 6) is 0.781. The van der Waals surface area contributed by atoms with Crippen LogP contribution in [0.2, 0.25) is 0 Å². The molecule has 198 valence electrons. The number of rotatable bonds is 4. The average molecular weight is 538 g/mol. The van der Waals surface area contributed by atoms with Gasteiger partial charge in [-0.2, -0.15) is 0 Å². The number of hydrogen-bond acceptors (Lipinski definition) is 2. The van der Waals surface area contributed by atoms with Crippen LogP contribution >= 0.6 is 0 Å². The summed E-state index contributed by atoms with van der Waals surface area (Å²) in [4.78, 5) is 5.26. The maximum absolute atomic E-state index is 6.27. The second kappa shape index (κ2) is 9.57. The molecule has 2 nitrogen and oxygen atoms in total. The summed E-state index contributed by atoms with van der Waals surface area (Å²) in [7, 11) is 0. The van der Waals surface area contributed by atoms with Crippen LogP contribution in [0.1, 0.15) is 18.2 Å². The fourth-order valence-corrected chi connectivity index (χ4v) is 6.50. The van der Waals surface area contributed by atoms with Gasteiger partial charge in [0.15, 0.2) is 0 Å². The van der Waals surface area contributed by atoms with Gasteiger partial charge in [-0.1, -0.05) is 104 Å². The van der Waals surface area contributed by atoms with Crippen LogP contribution in [0.4, 0.5) is 0 Å². The molecule has 42 heavy (non-hydrogen) atoms. The molecule has 0 saturated carbocycles. The van der Waals surface area contributed by atoms with Crippen LogP contribution in [0.15, 0.2) is 132 Å². The summed E-state index contributed by atoms with van der Waals surface area (Å²) in [6.07, 6.45) is 5.96. The number of para-hydroxylation sites is 1. The number of allylic oxidation sites excluding steroid dienone is 1. The van der Waals surface area contributed by atoms with E-state index in [2.05, 4.69) is 134 Å². The molecule has 0 fully saturated rings. The lowest BCUT2D eigenvalue weighted by Gasteiger charge is -2.14. The molecule has 2 aromatic heterocycles. The highest BCUT2D eigenvalue weighted by molar-refractivity contribution is 6.24. The molecule has 6 aromatic carbocycles. The Morgan fingerprint density at radius 2 is 1.38 bits per heavy atom. The maximum Gasteiger partial charge on any atom is 0.136 e. The first-order valence-corrected chi connectivity index (χ1v) is 14.3. The average Bonchev–Trinajstić information content (AvgIpc) is 3.41. The Morgan fingerprint density at radius 3 is 2.21 bits per heavy atom. The molecule has 0 atom stereocenters. The highest BCUT2D eigenvalue weighted by atomic mass is 16.3. The summed E-state index contributed by atoms with van der Waals surface area (Å²) in [6.45, 7) is 6.05. The highest BCUT2D eigenvalue weighted by Gasteiger charge is 2.19. The van der Waals surface area contributed by atoms with Crippen molar-refractivity contribution >= 4 is 66.3 Å². The molecule has 0 aliphatic carbocycles. The lowest BCUT2D eigenvalue weighted by molar-refractivity contribution is 0.603. The van der Waals surface area contributed by atoms with Crippen molar-refractivity contribution in [1.82, 2.24) is 4.98 Å². The lowest BCUT2D eigenvalue weighted by Crippen LogP contribution is -1.92. The fourth-order valence-electron chi connectivity index (χ4n) is 6.50. The van der Waals surface area contributed by atoms with Crippen LogP contribution in [0, 0.1) is 0 Å². The minimum absolute atomic E-state index is 0.781. The van der Waals surface area contributed by atoms with Crippen molar-refractivity contribution in [2.45, 2.75) is 6.92 Å². The van der Waals surface area contributed by atoms with Crippen molar-refractivity contribution in [3.63, 3.8) is 0 Å². The molecule has 0 aliphatic heterocycles. The third kappa shape index (κ3) is 3.62. The van der Waals surface area contributed by atoms with Crippen LogP contribution in [0.3, 0.4) is 0 Å². The number of furan rings is 1. The topological polar surface area (TPSA) is 26.0 Å². The molecular weight excluding hydrogens is 510 g/mol. The van der Waals surface area contributed by atoms with E-state index in [1.165, 1.54) is 32.7 Å². The lowest BCUT2D eigenvalue weighted by atomic mass is 9.91. The van der Waals surface area contributed by atoms with Gasteiger partial charge in [0.25, 0.3) is 0 Å². The Bertz CT molecular complexity index is 2390. The van der Waals surface area contributed by atoms with Crippen LogP contribution < -0.4 is 0 Å². The molecular formula is C40H27NO. The molecule has 8 aromatic rings. The van der Waals surface area contributed by atoms with Gasteiger partial charge < -0.3 is 4.42 Å². The zero-order valence-electron chi connectivity index (χ0n) is 23.3. The van der Waals surface area contributed by atoms with Crippen molar-refractivity contribution < 1.29 is 4.42 Å². The van der Waals surface area contributed by atoms with Crippen molar-refractivity contribution in [2.75, 3.05) is 0 Å². The van der Waals surface area contributed by atoms with E-state index >= 15 is 0 Å². The van der Waals surface area contributed by atoms with Crippen molar-refractivity contribution in [3.05, 3.63) is 139 Å². The Labute approximate surface area is 243 Å². The molecule has 8 rings (SSSR count). The van der Waals surface area contributed by atoms with E-state index in [0.29, 0.717) is 0 Å². The van der Waals surface area contributed by atoms with Crippen LogP contribution in [0.25, 0.3) is 88.7 Å². The van der Waals surface area contributed by atoms with Gasteiger partial charge in [-0.05, 0) is 76.0 Å². The van der Waals surface area contributed by atoms with E-state index in [1.807, 2.05) is 6.92 Å². The quantitative estimate of drug-likeness (QED) is 0.209. The minimum Gasteiger partial charge on any atom is -0.456 e. The molecule has 2 heteroatoms. The highest BCUT2D eigenvalue weighted by Crippen LogP contribution is 2.42. The van der Waals surface area contributed by atoms with Gasteiger partial charge in [0.1, 0.15) is 11.3 Å². The summed E-state index contributed by atoms with van der Waals surface area (Å²) in [5.41, 5.74) is 7.30. The van der Waals surface area contributed by atoms with Crippen LogP contribution in [0.5, 0.6) is 0 Å². The summed E-state index contributed by atoms with van der Waals surface area (Å²) < 4.78 is 6.27. The van der Waals surface area contributed by atoms with Gasteiger partial charge in [0.2, 0.25) is 0 Å². The van der Waals surface area contributed by atoms with Crippen molar-refractivity contribution in [3.8, 4) is 22.4 Å². The maximum atomic E-state index is 6.27. The standard InChI is InChI=1S/C40H27NO/c1-3-12-32-36(4-2)42-37-22-21-33-38(39(32)37)31-19-9-10-20-35(31)41-40(33)27-15-11-14-25(23-27)34-24-26-13-5-6-16-28(26)29-17-7-8-18-30(29)34/h3-24H,2H2,1H3/b12-3-. The first kappa shape index (κ1) is 24.3. The van der Waals surface area contributed by atoms with Crippen LogP contribution in [-0.4, -0.2) is 4.98 Å². The Kier molecular flexibility index (Phi) is 5.55. The van der Waals surface area contributed by atoms with E-state index in [1.54, 1.807) is 6.08 Å². The molecule has 0 radical (unpaired) electrons.